The van der Waals surface area contributed by atoms with Gasteiger partial charge in [0.15, 0.2) is 0 Å². The molecule has 44 heavy (non-hydrogen) atoms. The largest absolute Gasteiger partial charge is 0.310 e. The van der Waals surface area contributed by atoms with Crippen LogP contribution in [0.2, 0.25) is 0 Å². The van der Waals surface area contributed by atoms with Crippen molar-refractivity contribution in [3.8, 4) is 22.3 Å². The van der Waals surface area contributed by atoms with E-state index in [4.69, 9.17) is 0 Å². The highest BCUT2D eigenvalue weighted by molar-refractivity contribution is 7.91. The van der Waals surface area contributed by atoms with Crippen molar-refractivity contribution in [3.63, 3.8) is 0 Å². The highest BCUT2D eigenvalue weighted by atomic mass is 32.2. The van der Waals surface area contributed by atoms with Crippen molar-refractivity contribution >= 4 is 37.7 Å². The molecule has 0 unspecified atom stereocenters. The lowest BCUT2D eigenvalue weighted by atomic mass is 9.94. The smallest absolute Gasteiger partial charge is 0.206 e. The molecule has 0 bridgehead atoms. The summed E-state index contributed by atoms with van der Waals surface area (Å²) in [6, 6.07) is 57.9. The van der Waals surface area contributed by atoms with Gasteiger partial charge in [-0.1, -0.05) is 121 Å². The summed E-state index contributed by atoms with van der Waals surface area (Å²) in [7, 11) is -3.58. The van der Waals surface area contributed by atoms with Crippen LogP contribution in [0.5, 0.6) is 0 Å². The monoisotopic (exact) mass is 587 g/mol. The summed E-state index contributed by atoms with van der Waals surface area (Å²) < 4.78 is 26.3. The summed E-state index contributed by atoms with van der Waals surface area (Å²) in [6.45, 7) is 0. The number of sulfone groups is 1. The number of hydrogen-bond acceptors (Lipinski definition) is 3. The van der Waals surface area contributed by atoms with E-state index in [0.29, 0.717) is 4.90 Å². The van der Waals surface area contributed by atoms with Crippen molar-refractivity contribution < 1.29 is 8.42 Å². The first-order chi connectivity index (χ1) is 21.6. The molecule has 0 N–H and O–H groups in total. The number of fused-ring (bicyclic) bond motifs is 1. The summed E-state index contributed by atoms with van der Waals surface area (Å²) in [5.74, 6) is 0. The lowest BCUT2D eigenvalue weighted by Crippen LogP contribution is -2.10. The van der Waals surface area contributed by atoms with E-state index >= 15 is 0 Å². The number of nitrogens with zero attached hydrogens (tertiary/aromatic N) is 1. The third-order valence-electron chi connectivity index (χ3n) is 7.91. The van der Waals surface area contributed by atoms with Gasteiger partial charge in [0.1, 0.15) is 0 Å². The molecule has 7 aromatic rings. The Bertz CT molecular complexity index is 2150. The Balaban J connectivity index is 1.25. The van der Waals surface area contributed by atoms with Gasteiger partial charge in [-0.3, -0.25) is 0 Å². The molecule has 0 amide bonds. The molecule has 7 aromatic carbocycles. The predicted molar refractivity (Wildman–Crippen MR) is 181 cm³/mol. The summed E-state index contributed by atoms with van der Waals surface area (Å²) >= 11 is 0. The van der Waals surface area contributed by atoms with E-state index in [1.807, 2.05) is 36.4 Å². The molecule has 0 aromatic heterocycles. The van der Waals surface area contributed by atoms with Crippen LogP contribution in [0.25, 0.3) is 33.0 Å². The SMILES string of the molecule is O=S(=O)(c1ccccc1)c1ccc(-c2ccccc2-c2ccc(N(c3ccccc3)c3cccc4ccccc34)cc2)cc1. The Labute approximate surface area is 258 Å². The number of anilines is 3. The summed E-state index contributed by atoms with van der Waals surface area (Å²) in [5.41, 5.74) is 7.42. The van der Waals surface area contributed by atoms with E-state index in [-0.39, 0.29) is 4.90 Å². The molecular formula is C40H29NO2S. The zero-order chi connectivity index (χ0) is 29.9. The van der Waals surface area contributed by atoms with E-state index in [1.54, 1.807) is 36.4 Å². The highest BCUT2D eigenvalue weighted by Gasteiger charge is 2.18. The van der Waals surface area contributed by atoms with Crippen LogP contribution in [0, 0.1) is 0 Å². The third-order valence-corrected chi connectivity index (χ3v) is 9.70. The number of benzene rings is 7. The molecule has 0 aliphatic rings. The quantitative estimate of drug-likeness (QED) is 0.186. The van der Waals surface area contributed by atoms with Crippen LogP contribution in [-0.2, 0) is 9.84 Å². The fourth-order valence-corrected chi connectivity index (χ4v) is 7.02. The minimum absolute atomic E-state index is 0.281. The molecule has 7 rings (SSSR count). The maximum absolute atomic E-state index is 13.1. The molecule has 0 saturated carbocycles. The Morgan fingerprint density at radius 3 is 1.52 bits per heavy atom. The van der Waals surface area contributed by atoms with Crippen molar-refractivity contribution in [2.24, 2.45) is 0 Å². The first-order valence-corrected chi connectivity index (χ1v) is 16.0. The molecule has 0 fully saturated rings. The topological polar surface area (TPSA) is 37.4 Å². The standard InChI is InChI=1S/C40H29NO2S/c42-44(43,35-16-5-2-6-17-35)36-28-24-32(25-29-36)38-19-10-9-18-37(38)31-22-26-34(27-23-31)41(33-14-3-1-4-15-33)40-21-11-13-30-12-7-8-20-39(30)40/h1-29H. The highest BCUT2D eigenvalue weighted by Crippen LogP contribution is 2.40. The van der Waals surface area contributed by atoms with Crippen molar-refractivity contribution in [3.05, 3.63) is 176 Å². The van der Waals surface area contributed by atoms with E-state index in [2.05, 4.69) is 108 Å². The van der Waals surface area contributed by atoms with Crippen molar-refractivity contribution in [1.82, 2.24) is 0 Å². The second-order valence-corrected chi connectivity index (χ2v) is 12.6. The number of para-hydroxylation sites is 1. The van der Waals surface area contributed by atoms with E-state index < -0.39 is 9.84 Å². The molecule has 0 aliphatic heterocycles. The van der Waals surface area contributed by atoms with Gasteiger partial charge in [0.05, 0.1) is 15.5 Å². The average Bonchev–Trinajstić information content (AvgIpc) is 3.10. The Hall–Kier alpha value is -5.45. The number of hydrogen-bond donors (Lipinski definition) is 0. The summed E-state index contributed by atoms with van der Waals surface area (Å²) in [4.78, 5) is 2.87. The van der Waals surface area contributed by atoms with Crippen molar-refractivity contribution in [2.75, 3.05) is 4.90 Å². The van der Waals surface area contributed by atoms with Crippen LogP contribution in [0.4, 0.5) is 17.1 Å². The molecule has 0 heterocycles. The van der Waals surface area contributed by atoms with Gasteiger partial charge in [-0.25, -0.2) is 8.42 Å². The zero-order valence-electron chi connectivity index (χ0n) is 23.9. The lowest BCUT2D eigenvalue weighted by Gasteiger charge is -2.27. The van der Waals surface area contributed by atoms with Gasteiger partial charge in [0.2, 0.25) is 9.84 Å². The predicted octanol–water partition coefficient (Wildman–Crippen LogP) is 10.5. The van der Waals surface area contributed by atoms with Gasteiger partial charge >= 0.3 is 0 Å². The molecule has 0 atom stereocenters. The van der Waals surface area contributed by atoms with E-state index in [0.717, 1.165) is 39.3 Å². The molecule has 0 saturated heterocycles. The van der Waals surface area contributed by atoms with Gasteiger partial charge in [-0.15, -0.1) is 0 Å². The van der Waals surface area contributed by atoms with Crippen LogP contribution < -0.4 is 4.90 Å². The molecule has 212 valence electrons. The van der Waals surface area contributed by atoms with E-state index in [9.17, 15) is 8.42 Å². The minimum Gasteiger partial charge on any atom is -0.310 e. The Kier molecular flexibility index (Phi) is 7.27. The zero-order valence-corrected chi connectivity index (χ0v) is 24.7. The molecule has 0 spiro atoms. The first-order valence-electron chi connectivity index (χ1n) is 14.5. The minimum atomic E-state index is -3.58. The normalized spacial score (nSPS) is 11.4. The summed E-state index contributed by atoms with van der Waals surface area (Å²) in [5, 5.41) is 2.38. The summed E-state index contributed by atoms with van der Waals surface area (Å²) in [6.07, 6.45) is 0. The molecule has 0 aliphatic carbocycles. The molecule has 0 radical (unpaired) electrons. The first kappa shape index (κ1) is 27.4. The maximum Gasteiger partial charge on any atom is 0.206 e. The third kappa shape index (κ3) is 5.17. The second kappa shape index (κ2) is 11.7. The molecular weight excluding hydrogens is 559 g/mol. The van der Waals surface area contributed by atoms with Crippen LogP contribution in [-0.4, -0.2) is 8.42 Å². The Morgan fingerprint density at radius 2 is 0.864 bits per heavy atom. The van der Waals surface area contributed by atoms with Gasteiger partial charge in [-0.05, 0) is 82.2 Å². The number of rotatable bonds is 7. The molecule has 3 nitrogen and oxygen atoms in total. The maximum atomic E-state index is 13.1. The fraction of sp³-hybridized carbons (Fsp3) is 0. The van der Waals surface area contributed by atoms with E-state index in [1.165, 1.54) is 10.8 Å². The average molecular weight is 588 g/mol. The lowest BCUT2D eigenvalue weighted by molar-refractivity contribution is 0.596. The Morgan fingerprint density at radius 1 is 0.386 bits per heavy atom. The fourth-order valence-electron chi connectivity index (χ4n) is 5.73. The van der Waals surface area contributed by atoms with Gasteiger partial charge in [-0.2, -0.15) is 0 Å². The van der Waals surface area contributed by atoms with Gasteiger partial charge in [0.25, 0.3) is 0 Å². The van der Waals surface area contributed by atoms with Crippen LogP contribution in [0.15, 0.2) is 186 Å². The van der Waals surface area contributed by atoms with Crippen LogP contribution >= 0.6 is 0 Å². The van der Waals surface area contributed by atoms with Crippen molar-refractivity contribution in [2.45, 2.75) is 9.79 Å². The van der Waals surface area contributed by atoms with Crippen LogP contribution in [0.3, 0.4) is 0 Å². The van der Waals surface area contributed by atoms with Crippen LogP contribution in [0.1, 0.15) is 0 Å². The second-order valence-electron chi connectivity index (χ2n) is 10.6. The molecule has 4 heteroatoms. The van der Waals surface area contributed by atoms with Gasteiger partial charge in [0, 0.05) is 16.8 Å². The van der Waals surface area contributed by atoms with Crippen molar-refractivity contribution in [1.29, 1.82) is 0 Å². The van der Waals surface area contributed by atoms with Gasteiger partial charge < -0.3 is 4.90 Å².